The molecular weight excluding hydrogens is 317 g/mol. The number of rotatable bonds is 2. The first kappa shape index (κ1) is 14.0. The fourth-order valence-corrected chi connectivity index (χ4v) is 2.69. The van der Waals surface area contributed by atoms with Crippen molar-refractivity contribution in [3.63, 3.8) is 0 Å². The minimum atomic E-state index is -1.01. The number of hydrogen-bond acceptors (Lipinski definition) is 2. The van der Waals surface area contributed by atoms with E-state index in [-0.39, 0.29) is 10.0 Å². The summed E-state index contributed by atoms with van der Waals surface area (Å²) in [5.74, 6) is -1.99. The van der Waals surface area contributed by atoms with Crippen LogP contribution in [0.5, 0.6) is 0 Å². The number of carboxylic acids is 1. The molecule has 102 valence electrons. The maximum Gasteiger partial charge on any atom is 0.326 e. The molecule has 1 aliphatic rings. The van der Waals surface area contributed by atoms with Crippen LogP contribution < -0.4 is 0 Å². The topological polar surface area (TPSA) is 57.6 Å². The fourth-order valence-electron chi connectivity index (χ4n) is 2.26. The minimum absolute atomic E-state index is 0.0784. The van der Waals surface area contributed by atoms with E-state index < -0.39 is 23.7 Å². The van der Waals surface area contributed by atoms with Crippen LogP contribution in [0.3, 0.4) is 0 Å². The molecule has 0 radical (unpaired) electrons. The third-order valence-electron chi connectivity index (χ3n) is 3.23. The van der Waals surface area contributed by atoms with Gasteiger partial charge in [0, 0.05) is 6.54 Å². The summed E-state index contributed by atoms with van der Waals surface area (Å²) in [5, 5.41) is 9.15. The lowest BCUT2D eigenvalue weighted by Crippen LogP contribution is -2.48. The molecule has 0 saturated carbocycles. The van der Waals surface area contributed by atoms with Crippen LogP contribution in [0.25, 0.3) is 0 Å². The molecule has 1 atom stereocenters. The molecule has 1 N–H and O–H groups in total. The van der Waals surface area contributed by atoms with E-state index in [1.165, 1.54) is 23.1 Å². The Morgan fingerprint density at radius 1 is 1.37 bits per heavy atom. The summed E-state index contributed by atoms with van der Waals surface area (Å²) in [7, 11) is 0. The molecule has 1 aromatic carbocycles. The van der Waals surface area contributed by atoms with E-state index in [0.29, 0.717) is 13.0 Å². The molecular formula is C13H13BrFNO3. The highest BCUT2D eigenvalue weighted by Crippen LogP contribution is 2.25. The van der Waals surface area contributed by atoms with E-state index in [9.17, 15) is 14.0 Å². The highest BCUT2D eigenvalue weighted by Gasteiger charge is 2.33. The summed E-state index contributed by atoms with van der Waals surface area (Å²) in [6, 6.07) is 3.35. The van der Waals surface area contributed by atoms with Gasteiger partial charge in [-0.2, -0.15) is 0 Å². The van der Waals surface area contributed by atoms with Gasteiger partial charge in [-0.15, -0.1) is 0 Å². The molecule has 1 aliphatic heterocycles. The van der Waals surface area contributed by atoms with Gasteiger partial charge in [0.25, 0.3) is 5.91 Å². The molecule has 1 unspecified atom stereocenters. The van der Waals surface area contributed by atoms with Gasteiger partial charge in [0.1, 0.15) is 11.9 Å². The number of carbonyl (C=O) groups excluding carboxylic acids is 1. The van der Waals surface area contributed by atoms with Gasteiger partial charge in [-0.3, -0.25) is 4.79 Å². The maximum absolute atomic E-state index is 13.4. The third kappa shape index (κ3) is 2.78. The first-order chi connectivity index (χ1) is 9.02. The van der Waals surface area contributed by atoms with Crippen molar-refractivity contribution >= 4 is 27.8 Å². The normalized spacial score (nSPS) is 19.3. The molecule has 4 nitrogen and oxygen atoms in total. The van der Waals surface area contributed by atoms with E-state index in [0.717, 1.165) is 12.8 Å². The fraction of sp³-hybridized carbons (Fsp3) is 0.385. The lowest BCUT2D eigenvalue weighted by atomic mass is 10.0. The molecule has 1 saturated heterocycles. The Morgan fingerprint density at radius 2 is 2.11 bits per heavy atom. The largest absolute Gasteiger partial charge is 0.480 e. The molecule has 0 bridgehead atoms. The Morgan fingerprint density at radius 3 is 2.79 bits per heavy atom. The van der Waals surface area contributed by atoms with Crippen molar-refractivity contribution in [1.82, 2.24) is 4.90 Å². The van der Waals surface area contributed by atoms with Crippen LogP contribution in [0, 0.1) is 5.82 Å². The maximum atomic E-state index is 13.4. The number of carbonyl (C=O) groups is 2. The highest BCUT2D eigenvalue weighted by atomic mass is 79.9. The molecule has 1 aromatic rings. The van der Waals surface area contributed by atoms with Crippen LogP contribution in [0.4, 0.5) is 4.39 Å². The Kier molecular flexibility index (Phi) is 4.19. The van der Waals surface area contributed by atoms with Crippen LogP contribution in [0.2, 0.25) is 0 Å². The van der Waals surface area contributed by atoms with Crippen molar-refractivity contribution in [2.75, 3.05) is 6.54 Å². The molecule has 1 amide bonds. The number of piperidine rings is 1. The molecule has 0 aliphatic carbocycles. The first-order valence-corrected chi connectivity index (χ1v) is 6.79. The average Bonchev–Trinajstić information content (AvgIpc) is 2.41. The number of aliphatic carboxylic acids is 1. The predicted octanol–water partition coefficient (Wildman–Crippen LogP) is 2.67. The quantitative estimate of drug-likeness (QED) is 0.907. The van der Waals surface area contributed by atoms with E-state index in [1.54, 1.807) is 0 Å². The van der Waals surface area contributed by atoms with Gasteiger partial charge in [0.2, 0.25) is 0 Å². The van der Waals surface area contributed by atoms with E-state index in [4.69, 9.17) is 5.11 Å². The van der Waals surface area contributed by atoms with Crippen molar-refractivity contribution in [3.05, 3.63) is 34.1 Å². The Balaban J connectivity index is 2.31. The summed E-state index contributed by atoms with van der Waals surface area (Å²) in [6.45, 7) is 0.388. The van der Waals surface area contributed by atoms with Gasteiger partial charge in [-0.1, -0.05) is 6.07 Å². The summed E-state index contributed by atoms with van der Waals surface area (Å²) in [4.78, 5) is 24.8. The third-order valence-corrected chi connectivity index (χ3v) is 4.04. The van der Waals surface area contributed by atoms with Crippen molar-refractivity contribution in [2.45, 2.75) is 25.3 Å². The second kappa shape index (κ2) is 5.69. The number of halogens is 2. The number of hydrogen-bond donors (Lipinski definition) is 1. The predicted molar refractivity (Wildman–Crippen MR) is 70.4 cm³/mol. The number of benzene rings is 1. The van der Waals surface area contributed by atoms with Crippen molar-refractivity contribution in [3.8, 4) is 0 Å². The zero-order valence-electron chi connectivity index (χ0n) is 10.1. The molecule has 1 heterocycles. The van der Waals surface area contributed by atoms with Crippen LogP contribution in [-0.2, 0) is 4.79 Å². The van der Waals surface area contributed by atoms with E-state index >= 15 is 0 Å². The number of carboxylic acid groups (broad SMARTS) is 1. The van der Waals surface area contributed by atoms with Gasteiger partial charge < -0.3 is 10.0 Å². The van der Waals surface area contributed by atoms with Crippen LogP contribution in [0.1, 0.15) is 29.6 Å². The Hall–Kier alpha value is -1.43. The van der Waals surface area contributed by atoms with Crippen molar-refractivity contribution in [2.24, 2.45) is 0 Å². The smallest absolute Gasteiger partial charge is 0.326 e. The van der Waals surface area contributed by atoms with Gasteiger partial charge in [-0.25, -0.2) is 9.18 Å². The second-order valence-electron chi connectivity index (χ2n) is 4.45. The van der Waals surface area contributed by atoms with Gasteiger partial charge in [0.05, 0.1) is 10.0 Å². The highest BCUT2D eigenvalue weighted by molar-refractivity contribution is 9.10. The molecule has 19 heavy (non-hydrogen) atoms. The minimum Gasteiger partial charge on any atom is -0.480 e. The zero-order valence-corrected chi connectivity index (χ0v) is 11.7. The van der Waals surface area contributed by atoms with E-state index in [2.05, 4.69) is 15.9 Å². The average molecular weight is 330 g/mol. The summed E-state index contributed by atoms with van der Waals surface area (Å²) >= 11 is 3.03. The summed E-state index contributed by atoms with van der Waals surface area (Å²) < 4.78 is 13.5. The van der Waals surface area contributed by atoms with E-state index in [1.807, 2.05) is 0 Å². The molecule has 1 fully saturated rings. The summed E-state index contributed by atoms with van der Waals surface area (Å²) in [5.41, 5.74) is 0.160. The van der Waals surface area contributed by atoms with Crippen molar-refractivity contribution < 1.29 is 19.1 Å². The Bertz CT molecular complexity index is 521. The second-order valence-corrected chi connectivity index (χ2v) is 5.24. The van der Waals surface area contributed by atoms with Crippen LogP contribution in [0.15, 0.2) is 22.7 Å². The number of likely N-dealkylation sites (tertiary alicyclic amines) is 1. The molecule has 2 rings (SSSR count). The Labute approximate surface area is 118 Å². The number of nitrogens with zero attached hydrogens (tertiary/aromatic N) is 1. The van der Waals surface area contributed by atoms with Gasteiger partial charge in [-0.05, 0) is 47.3 Å². The zero-order chi connectivity index (χ0) is 14.0. The van der Waals surface area contributed by atoms with Gasteiger partial charge >= 0.3 is 5.97 Å². The number of amides is 1. The molecule has 0 aromatic heterocycles. The lowest BCUT2D eigenvalue weighted by molar-refractivity contribution is -0.143. The lowest BCUT2D eigenvalue weighted by Gasteiger charge is -2.33. The monoisotopic (exact) mass is 329 g/mol. The van der Waals surface area contributed by atoms with Crippen LogP contribution in [-0.4, -0.2) is 34.5 Å². The summed E-state index contributed by atoms with van der Waals surface area (Å²) in [6.07, 6.45) is 1.99. The standard InChI is InChI=1S/C13H13BrFNO3/c14-11-8(4-3-5-9(11)15)12(17)16-7-2-1-6-10(16)13(18)19/h3-5,10H,1-2,6-7H2,(H,18,19). The molecule has 0 spiro atoms. The first-order valence-electron chi connectivity index (χ1n) is 6.00. The molecule has 6 heteroatoms. The van der Waals surface area contributed by atoms with Gasteiger partial charge in [0.15, 0.2) is 0 Å². The van der Waals surface area contributed by atoms with Crippen molar-refractivity contribution in [1.29, 1.82) is 0 Å². The SMILES string of the molecule is O=C(O)C1CCCCN1C(=O)c1cccc(F)c1Br. The van der Waals surface area contributed by atoms with Crippen LogP contribution >= 0.6 is 15.9 Å².